The molecule has 3 heterocycles. The van der Waals surface area contributed by atoms with E-state index in [1.54, 1.807) is 12.3 Å². The molecule has 0 aromatic carbocycles. The number of hydrogen-bond acceptors (Lipinski definition) is 5. The van der Waals surface area contributed by atoms with Crippen molar-refractivity contribution >= 4 is 11.8 Å². The van der Waals surface area contributed by atoms with Crippen LogP contribution in [-0.2, 0) is 9.53 Å². The molecule has 0 spiro atoms. The Morgan fingerprint density at radius 1 is 1.27 bits per heavy atom. The summed E-state index contributed by atoms with van der Waals surface area (Å²) in [6.45, 7) is 5.55. The van der Waals surface area contributed by atoms with Crippen molar-refractivity contribution in [2.45, 2.75) is 31.2 Å². The number of carbonyl (C=O) groups is 2. The van der Waals surface area contributed by atoms with Gasteiger partial charge in [0, 0.05) is 51.3 Å². The van der Waals surface area contributed by atoms with E-state index < -0.39 is 0 Å². The third kappa shape index (κ3) is 4.04. The molecule has 26 heavy (non-hydrogen) atoms. The Morgan fingerprint density at radius 3 is 2.85 bits per heavy atom. The van der Waals surface area contributed by atoms with E-state index in [2.05, 4.69) is 15.2 Å². The lowest BCUT2D eigenvalue weighted by atomic mass is 10.1. The summed E-state index contributed by atoms with van der Waals surface area (Å²) >= 11 is 0. The molecular formula is C19H26N4O3. The van der Waals surface area contributed by atoms with Gasteiger partial charge in [-0.05, 0) is 25.0 Å². The van der Waals surface area contributed by atoms with Gasteiger partial charge in [0.1, 0.15) is 0 Å². The van der Waals surface area contributed by atoms with Crippen LogP contribution in [0, 0.1) is 0 Å². The second-order valence-corrected chi connectivity index (χ2v) is 7.38. The van der Waals surface area contributed by atoms with Crippen molar-refractivity contribution in [3.05, 3.63) is 29.6 Å². The maximum Gasteiger partial charge on any atom is 0.253 e. The molecule has 0 bridgehead atoms. The standard InChI is InChI=1S/C19H26N4O3/c24-17-12-15(13-23(17)7-6-22-8-10-26-11-9-22)21-19(25)16-2-1-5-20-18(16)14-3-4-14/h1-2,5,14-15H,3-4,6-13H2,(H,21,25). The average molecular weight is 358 g/mol. The van der Waals surface area contributed by atoms with E-state index in [0.717, 1.165) is 51.4 Å². The Hall–Kier alpha value is -1.99. The van der Waals surface area contributed by atoms with Crippen molar-refractivity contribution in [1.82, 2.24) is 20.1 Å². The topological polar surface area (TPSA) is 74.8 Å². The first-order valence-electron chi connectivity index (χ1n) is 9.54. The molecule has 2 aliphatic heterocycles. The van der Waals surface area contributed by atoms with E-state index in [1.807, 2.05) is 11.0 Å². The van der Waals surface area contributed by atoms with E-state index in [4.69, 9.17) is 4.74 Å². The molecule has 1 atom stereocenters. The fourth-order valence-electron chi connectivity index (χ4n) is 3.73. The Morgan fingerprint density at radius 2 is 2.08 bits per heavy atom. The van der Waals surface area contributed by atoms with Crippen molar-refractivity contribution in [2.75, 3.05) is 45.9 Å². The summed E-state index contributed by atoms with van der Waals surface area (Å²) < 4.78 is 5.35. The fourth-order valence-corrected chi connectivity index (χ4v) is 3.73. The predicted octanol–water partition coefficient (Wildman–Crippen LogP) is 0.622. The predicted molar refractivity (Wildman–Crippen MR) is 95.9 cm³/mol. The van der Waals surface area contributed by atoms with Gasteiger partial charge in [-0.1, -0.05) is 0 Å². The molecule has 1 aromatic heterocycles. The van der Waals surface area contributed by atoms with E-state index in [9.17, 15) is 9.59 Å². The maximum atomic E-state index is 12.7. The third-order valence-electron chi connectivity index (χ3n) is 5.39. The van der Waals surface area contributed by atoms with Gasteiger partial charge < -0.3 is 15.0 Å². The molecule has 4 rings (SSSR count). The Balaban J connectivity index is 1.30. The van der Waals surface area contributed by atoms with Crippen LogP contribution in [0.2, 0.25) is 0 Å². The first-order chi connectivity index (χ1) is 12.7. The minimum Gasteiger partial charge on any atom is -0.379 e. The molecule has 1 aliphatic carbocycles. The van der Waals surface area contributed by atoms with Gasteiger partial charge in [0.05, 0.1) is 30.5 Å². The van der Waals surface area contributed by atoms with Crippen LogP contribution >= 0.6 is 0 Å². The number of carbonyl (C=O) groups excluding carboxylic acids is 2. The number of aromatic nitrogens is 1. The molecule has 1 N–H and O–H groups in total. The van der Waals surface area contributed by atoms with Crippen LogP contribution in [0.3, 0.4) is 0 Å². The maximum absolute atomic E-state index is 12.7. The summed E-state index contributed by atoms with van der Waals surface area (Å²) in [5.41, 5.74) is 1.56. The van der Waals surface area contributed by atoms with Crippen LogP contribution in [0.1, 0.15) is 41.2 Å². The van der Waals surface area contributed by atoms with Gasteiger partial charge in [-0.25, -0.2) is 0 Å². The first kappa shape index (κ1) is 17.4. The normalized spacial score (nSPS) is 24.1. The molecule has 2 saturated heterocycles. The Bertz CT molecular complexity index is 671. The number of amides is 2. The SMILES string of the molecule is O=C(NC1CC(=O)N(CCN2CCOCC2)C1)c1cccnc1C1CC1. The van der Waals surface area contributed by atoms with Gasteiger partial charge in [-0.15, -0.1) is 0 Å². The highest BCUT2D eigenvalue weighted by atomic mass is 16.5. The molecule has 7 heteroatoms. The van der Waals surface area contributed by atoms with Crippen LogP contribution in [0.5, 0.6) is 0 Å². The summed E-state index contributed by atoms with van der Waals surface area (Å²) in [5.74, 6) is 0.442. The first-order valence-corrected chi connectivity index (χ1v) is 9.54. The number of pyridine rings is 1. The molecule has 1 unspecified atom stereocenters. The molecule has 2 amide bonds. The van der Waals surface area contributed by atoms with Gasteiger partial charge in [0.15, 0.2) is 0 Å². The minimum atomic E-state index is -0.119. The number of likely N-dealkylation sites (tertiary alicyclic amines) is 1. The molecule has 7 nitrogen and oxygen atoms in total. The van der Waals surface area contributed by atoms with E-state index in [1.165, 1.54) is 0 Å². The minimum absolute atomic E-state index is 0.104. The Labute approximate surface area is 153 Å². The van der Waals surface area contributed by atoms with Crippen molar-refractivity contribution in [1.29, 1.82) is 0 Å². The molecule has 1 saturated carbocycles. The van der Waals surface area contributed by atoms with Crippen molar-refractivity contribution in [3.63, 3.8) is 0 Å². The highest BCUT2D eigenvalue weighted by Crippen LogP contribution is 2.40. The smallest absolute Gasteiger partial charge is 0.253 e. The van der Waals surface area contributed by atoms with Gasteiger partial charge in [0.25, 0.3) is 5.91 Å². The second-order valence-electron chi connectivity index (χ2n) is 7.38. The quantitative estimate of drug-likeness (QED) is 0.807. The monoisotopic (exact) mass is 358 g/mol. The molecule has 3 aliphatic rings. The zero-order valence-electron chi connectivity index (χ0n) is 15.0. The largest absolute Gasteiger partial charge is 0.379 e. The Kier molecular flexibility index (Phi) is 5.17. The summed E-state index contributed by atoms with van der Waals surface area (Å²) in [4.78, 5) is 33.5. The van der Waals surface area contributed by atoms with Gasteiger partial charge in [-0.3, -0.25) is 19.5 Å². The lowest BCUT2D eigenvalue weighted by Crippen LogP contribution is -2.43. The van der Waals surface area contributed by atoms with Crippen molar-refractivity contribution in [2.24, 2.45) is 0 Å². The average Bonchev–Trinajstić information content (AvgIpc) is 3.45. The summed E-state index contributed by atoms with van der Waals surface area (Å²) in [6.07, 6.45) is 4.34. The van der Waals surface area contributed by atoms with Crippen LogP contribution < -0.4 is 5.32 Å². The summed E-state index contributed by atoms with van der Waals surface area (Å²) in [5, 5.41) is 3.04. The molecule has 3 fully saturated rings. The number of rotatable bonds is 6. The number of nitrogens with one attached hydrogen (secondary N) is 1. The lowest BCUT2D eigenvalue weighted by Gasteiger charge is -2.28. The van der Waals surface area contributed by atoms with Crippen molar-refractivity contribution < 1.29 is 14.3 Å². The highest BCUT2D eigenvalue weighted by Gasteiger charge is 2.33. The number of morpholine rings is 1. The molecule has 0 radical (unpaired) electrons. The van der Waals surface area contributed by atoms with E-state index >= 15 is 0 Å². The van der Waals surface area contributed by atoms with Crippen LogP contribution in [0.15, 0.2) is 18.3 Å². The molecular weight excluding hydrogens is 332 g/mol. The number of ether oxygens (including phenoxy) is 1. The van der Waals surface area contributed by atoms with Gasteiger partial charge in [0.2, 0.25) is 5.91 Å². The highest BCUT2D eigenvalue weighted by molar-refractivity contribution is 5.96. The van der Waals surface area contributed by atoms with Crippen molar-refractivity contribution in [3.8, 4) is 0 Å². The zero-order valence-corrected chi connectivity index (χ0v) is 15.0. The lowest BCUT2D eigenvalue weighted by molar-refractivity contribution is -0.128. The molecule has 140 valence electrons. The number of nitrogens with zero attached hydrogens (tertiary/aromatic N) is 3. The van der Waals surface area contributed by atoms with E-state index in [-0.39, 0.29) is 17.9 Å². The van der Waals surface area contributed by atoms with Gasteiger partial charge in [-0.2, -0.15) is 0 Å². The molecule has 1 aromatic rings. The summed E-state index contributed by atoms with van der Waals surface area (Å²) in [6, 6.07) is 3.52. The number of hydrogen-bond donors (Lipinski definition) is 1. The fraction of sp³-hybridized carbons (Fsp3) is 0.632. The second kappa shape index (κ2) is 7.72. The van der Waals surface area contributed by atoms with Crippen LogP contribution in [-0.4, -0.2) is 78.6 Å². The van der Waals surface area contributed by atoms with Crippen LogP contribution in [0.25, 0.3) is 0 Å². The summed E-state index contributed by atoms with van der Waals surface area (Å²) in [7, 11) is 0. The van der Waals surface area contributed by atoms with Gasteiger partial charge >= 0.3 is 0 Å². The van der Waals surface area contributed by atoms with Crippen LogP contribution in [0.4, 0.5) is 0 Å². The zero-order chi connectivity index (χ0) is 17.9. The third-order valence-corrected chi connectivity index (χ3v) is 5.39. The van der Waals surface area contributed by atoms with E-state index in [0.29, 0.717) is 31.0 Å².